The fraction of sp³-hybridized carbons (Fsp3) is 0.333. The molecule has 0 atom stereocenters. The fourth-order valence-corrected chi connectivity index (χ4v) is 5.81. The summed E-state index contributed by atoms with van der Waals surface area (Å²) in [7, 11) is -3.83. The molecule has 3 rings (SSSR count). The summed E-state index contributed by atoms with van der Waals surface area (Å²) in [4.78, 5) is 12.3. The van der Waals surface area contributed by atoms with Crippen LogP contribution in [0.5, 0.6) is 0 Å². The van der Waals surface area contributed by atoms with E-state index >= 15 is 0 Å². The molecule has 0 saturated heterocycles. The summed E-state index contributed by atoms with van der Waals surface area (Å²) < 4.78 is 36.9. The van der Waals surface area contributed by atoms with E-state index in [0.717, 1.165) is 27.1 Å². The maximum absolute atomic E-state index is 12.6. The van der Waals surface area contributed by atoms with Crippen molar-refractivity contribution in [1.29, 1.82) is 0 Å². The molecule has 2 aromatic heterocycles. The van der Waals surface area contributed by atoms with Gasteiger partial charge in [-0.2, -0.15) is 8.42 Å². The molecule has 1 aromatic carbocycles. The van der Waals surface area contributed by atoms with Crippen LogP contribution < -0.4 is 4.80 Å². The lowest BCUT2D eigenvalue weighted by atomic mass is 10.0. The number of carbonyl (C=O) groups excluding carboxylic acids is 1. The summed E-state index contributed by atoms with van der Waals surface area (Å²) in [6.45, 7) is 6.09. The number of thiophene rings is 1. The number of fused-ring (bicyclic) bond motifs is 1. The minimum atomic E-state index is -3.83. The maximum atomic E-state index is 12.6. The number of hydrogen-bond acceptors (Lipinski definition) is 6. The molecule has 144 valence electrons. The molecule has 0 saturated carbocycles. The van der Waals surface area contributed by atoms with Gasteiger partial charge in [-0.15, -0.1) is 15.7 Å². The van der Waals surface area contributed by atoms with E-state index in [-0.39, 0.29) is 22.2 Å². The number of ether oxygens (including phenoxy) is 1. The minimum Gasteiger partial charge on any atom is -0.465 e. The topological polar surface area (TPSA) is 77.7 Å². The molecule has 27 heavy (non-hydrogen) atoms. The summed E-state index contributed by atoms with van der Waals surface area (Å²) in [6, 6.07) is 9.09. The average Bonchev–Trinajstić information content (AvgIpc) is 3.24. The molecular formula is C18H20N2O4S3. The van der Waals surface area contributed by atoms with Gasteiger partial charge in [0.05, 0.1) is 16.8 Å². The van der Waals surface area contributed by atoms with Gasteiger partial charge in [0.25, 0.3) is 10.0 Å². The Bertz CT molecular complexity index is 1120. The molecule has 3 aromatic rings. The Balaban J connectivity index is 2.20. The molecule has 2 heterocycles. The van der Waals surface area contributed by atoms with Crippen molar-refractivity contribution < 1.29 is 17.9 Å². The van der Waals surface area contributed by atoms with Gasteiger partial charge in [-0.05, 0) is 42.0 Å². The largest absolute Gasteiger partial charge is 0.465 e. The van der Waals surface area contributed by atoms with Gasteiger partial charge in [-0.1, -0.05) is 37.3 Å². The molecule has 0 bridgehead atoms. The van der Waals surface area contributed by atoms with Crippen molar-refractivity contribution in [1.82, 2.24) is 4.57 Å². The summed E-state index contributed by atoms with van der Waals surface area (Å²) in [5.74, 6) is -0.0923. The molecule has 0 spiro atoms. The number of rotatable bonds is 6. The third-order valence-corrected chi connectivity index (χ3v) is 7.71. The lowest BCUT2D eigenvalue weighted by Crippen LogP contribution is -2.23. The summed E-state index contributed by atoms with van der Waals surface area (Å²) in [5, 5.41) is 1.69. The first-order valence-corrected chi connectivity index (χ1v) is 11.6. The van der Waals surface area contributed by atoms with E-state index in [1.807, 2.05) is 18.2 Å². The van der Waals surface area contributed by atoms with Crippen molar-refractivity contribution in [3.63, 3.8) is 0 Å². The van der Waals surface area contributed by atoms with Crippen molar-refractivity contribution in [2.75, 3.05) is 6.61 Å². The number of aromatic nitrogens is 1. The third-order valence-electron chi connectivity index (χ3n) is 3.91. The molecular weight excluding hydrogens is 404 g/mol. The molecule has 0 aliphatic carbocycles. The monoisotopic (exact) mass is 424 g/mol. The Morgan fingerprint density at radius 1 is 1.30 bits per heavy atom. The predicted octanol–water partition coefficient (Wildman–Crippen LogP) is 3.74. The lowest BCUT2D eigenvalue weighted by molar-refractivity contribution is -0.143. The molecule has 0 radical (unpaired) electrons. The van der Waals surface area contributed by atoms with Gasteiger partial charge < -0.3 is 9.30 Å². The normalized spacial score (nSPS) is 12.8. The van der Waals surface area contributed by atoms with Crippen LogP contribution in [0.3, 0.4) is 0 Å². The second kappa shape index (κ2) is 7.95. The zero-order valence-corrected chi connectivity index (χ0v) is 17.7. The summed E-state index contributed by atoms with van der Waals surface area (Å²) >= 11 is 2.37. The van der Waals surface area contributed by atoms with Crippen molar-refractivity contribution in [2.24, 2.45) is 4.40 Å². The Morgan fingerprint density at radius 2 is 2.07 bits per heavy atom. The molecule has 6 nitrogen and oxygen atoms in total. The van der Waals surface area contributed by atoms with Crippen molar-refractivity contribution in [3.8, 4) is 0 Å². The molecule has 0 unspecified atom stereocenters. The van der Waals surface area contributed by atoms with Gasteiger partial charge in [0.1, 0.15) is 10.8 Å². The van der Waals surface area contributed by atoms with E-state index in [1.165, 1.54) is 17.4 Å². The van der Waals surface area contributed by atoms with Crippen LogP contribution in [0.1, 0.15) is 32.3 Å². The zero-order valence-electron chi connectivity index (χ0n) is 15.2. The first-order valence-electron chi connectivity index (χ1n) is 8.45. The summed E-state index contributed by atoms with van der Waals surface area (Å²) in [6.07, 6.45) is 0. The van der Waals surface area contributed by atoms with Crippen LogP contribution in [-0.4, -0.2) is 25.6 Å². The molecule has 9 heteroatoms. The van der Waals surface area contributed by atoms with Crippen LogP contribution in [0, 0.1) is 0 Å². The highest BCUT2D eigenvalue weighted by Gasteiger charge is 2.17. The number of sulfonamides is 1. The SMILES string of the molecule is CCOC(=O)Cn1/c(=N/S(=O)(=O)c2cccs2)sc2cc(C(C)C)ccc21. The lowest BCUT2D eigenvalue weighted by Gasteiger charge is -2.07. The number of nitrogens with zero attached hydrogens (tertiary/aromatic N) is 2. The van der Waals surface area contributed by atoms with Gasteiger partial charge in [-0.25, -0.2) is 0 Å². The Kier molecular flexibility index (Phi) is 5.83. The molecule has 0 fully saturated rings. The predicted molar refractivity (Wildman–Crippen MR) is 108 cm³/mol. The molecule has 0 N–H and O–H groups in total. The molecule has 0 aliphatic heterocycles. The number of benzene rings is 1. The van der Waals surface area contributed by atoms with Crippen molar-refractivity contribution in [3.05, 3.63) is 46.1 Å². The third kappa shape index (κ3) is 4.31. The van der Waals surface area contributed by atoms with Gasteiger partial charge in [0.2, 0.25) is 4.80 Å². The van der Waals surface area contributed by atoms with Crippen LogP contribution in [0.25, 0.3) is 10.2 Å². The second-order valence-electron chi connectivity index (χ2n) is 6.16. The summed E-state index contributed by atoms with van der Waals surface area (Å²) in [5.41, 5.74) is 1.90. The Labute approximate surface area is 165 Å². The van der Waals surface area contributed by atoms with Crippen molar-refractivity contribution in [2.45, 2.75) is 37.4 Å². The average molecular weight is 425 g/mol. The van der Waals surface area contributed by atoms with Crippen LogP contribution in [0.4, 0.5) is 0 Å². The van der Waals surface area contributed by atoms with Gasteiger partial charge in [-0.3, -0.25) is 4.79 Å². The van der Waals surface area contributed by atoms with E-state index in [4.69, 9.17) is 4.74 Å². The van der Waals surface area contributed by atoms with E-state index in [1.54, 1.807) is 22.9 Å². The highest BCUT2D eigenvalue weighted by atomic mass is 32.2. The van der Waals surface area contributed by atoms with E-state index < -0.39 is 16.0 Å². The first kappa shape index (κ1) is 19.8. The molecule has 0 aliphatic rings. The van der Waals surface area contributed by atoms with Crippen LogP contribution in [0.15, 0.2) is 44.3 Å². The van der Waals surface area contributed by atoms with Gasteiger partial charge in [0, 0.05) is 0 Å². The second-order valence-corrected chi connectivity index (χ2v) is 9.94. The standard InChI is InChI=1S/C18H20N2O4S3/c1-4-24-16(21)11-20-14-8-7-13(12(2)3)10-15(14)26-18(20)19-27(22,23)17-6-5-9-25-17/h5-10,12H,4,11H2,1-3H3/b19-18-. The van der Waals surface area contributed by atoms with Crippen LogP contribution >= 0.6 is 22.7 Å². The Hall–Kier alpha value is -1.97. The van der Waals surface area contributed by atoms with Gasteiger partial charge >= 0.3 is 5.97 Å². The van der Waals surface area contributed by atoms with Crippen LogP contribution in [-0.2, 0) is 26.1 Å². The van der Waals surface area contributed by atoms with E-state index in [9.17, 15) is 13.2 Å². The van der Waals surface area contributed by atoms with E-state index in [0.29, 0.717) is 5.92 Å². The highest BCUT2D eigenvalue weighted by Crippen LogP contribution is 2.24. The molecule has 0 amide bonds. The number of thiazole rings is 1. The van der Waals surface area contributed by atoms with Crippen molar-refractivity contribution >= 4 is 48.9 Å². The Morgan fingerprint density at radius 3 is 2.70 bits per heavy atom. The van der Waals surface area contributed by atoms with Crippen LogP contribution in [0.2, 0.25) is 0 Å². The minimum absolute atomic E-state index is 0.0896. The van der Waals surface area contributed by atoms with E-state index in [2.05, 4.69) is 18.2 Å². The highest BCUT2D eigenvalue weighted by molar-refractivity contribution is 7.92. The van der Waals surface area contributed by atoms with Gasteiger partial charge in [0.15, 0.2) is 0 Å². The fourth-order valence-electron chi connectivity index (χ4n) is 2.57. The number of esters is 1. The smallest absolute Gasteiger partial charge is 0.326 e. The first-order chi connectivity index (χ1) is 12.8. The maximum Gasteiger partial charge on any atom is 0.326 e. The number of hydrogen-bond donors (Lipinski definition) is 0. The quantitative estimate of drug-likeness (QED) is 0.565. The zero-order chi connectivity index (χ0) is 19.6. The number of carbonyl (C=O) groups is 1.